The standard InChI is InChI=1S/C21H23N7S/c1-13-19(29-21(24-13)25-15-4-2-3-5-15)17-9-11-23-20(27-17)28-18-7-6-14-12-22-10-8-16(14)26-18/h6-7,9,11-12,15H,2-5,8,10H2,1H3,(H,24,25)(H,23,26,27,28). The number of aryl methyl sites for hydroxylation is 1. The number of fused-ring (bicyclic) bond motifs is 1. The molecular formula is C21H23N7S. The zero-order valence-corrected chi connectivity index (χ0v) is 17.2. The number of thiazole rings is 1. The molecule has 0 aromatic carbocycles. The first-order valence-electron chi connectivity index (χ1n) is 10.1. The lowest BCUT2D eigenvalue weighted by molar-refractivity contribution is 0.754. The normalized spacial score (nSPS) is 16.0. The second kappa shape index (κ2) is 7.87. The molecule has 3 aromatic rings. The van der Waals surface area contributed by atoms with Crippen LogP contribution >= 0.6 is 11.3 Å². The number of aromatic nitrogens is 4. The Bertz CT molecular complexity index is 1050. The van der Waals surface area contributed by atoms with Crippen molar-refractivity contribution >= 4 is 34.4 Å². The average molecular weight is 406 g/mol. The molecule has 0 unspecified atom stereocenters. The Kier molecular flexibility index (Phi) is 4.93. The summed E-state index contributed by atoms with van der Waals surface area (Å²) in [5.74, 6) is 1.29. The van der Waals surface area contributed by atoms with E-state index in [4.69, 9.17) is 9.97 Å². The van der Waals surface area contributed by atoms with Crippen molar-refractivity contribution in [3.05, 3.63) is 41.3 Å². The lowest BCUT2D eigenvalue weighted by Crippen LogP contribution is -2.13. The highest BCUT2D eigenvalue weighted by atomic mass is 32.1. The minimum atomic E-state index is 0.539. The van der Waals surface area contributed by atoms with Crippen molar-refractivity contribution in [2.75, 3.05) is 17.2 Å². The molecule has 1 aliphatic heterocycles. The van der Waals surface area contributed by atoms with Crippen molar-refractivity contribution in [1.82, 2.24) is 19.9 Å². The summed E-state index contributed by atoms with van der Waals surface area (Å²) >= 11 is 1.66. The Hall–Kier alpha value is -2.87. The van der Waals surface area contributed by atoms with Gasteiger partial charge in [0.2, 0.25) is 5.95 Å². The van der Waals surface area contributed by atoms with Crippen LogP contribution in [0.2, 0.25) is 0 Å². The zero-order valence-electron chi connectivity index (χ0n) is 16.4. The summed E-state index contributed by atoms with van der Waals surface area (Å²) in [6, 6.07) is 6.46. The third-order valence-electron chi connectivity index (χ3n) is 5.32. The summed E-state index contributed by atoms with van der Waals surface area (Å²) in [6.45, 7) is 2.82. The Morgan fingerprint density at radius 1 is 1.07 bits per heavy atom. The van der Waals surface area contributed by atoms with Crippen LogP contribution in [0.4, 0.5) is 16.9 Å². The third-order valence-corrected chi connectivity index (χ3v) is 6.44. The number of rotatable bonds is 5. The van der Waals surface area contributed by atoms with Gasteiger partial charge < -0.3 is 10.6 Å². The minimum absolute atomic E-state index is 0.539. The van der Waals surface area contributed by atoms with Gasteiger partial charge in [-0.15, -0.1) is 0 Å². The molecule has 0 saturated heterocycles. The van der Waals surface area contributed by atoms with E-state index in [1.54, 1.807) is 17.5 Å². The van der Waals surface area contributed by atoms with Gasteiger partial charge in [0.1, 0.15) is 5.82 Å². The molecule has 0 radical (unpaired) electrons. The summed E-state index contributed by atoms with van der Waals surface area (Å²) in [6.07, 6.45) is 9.59. The fourth-order valence-electron chi connectivity index (χ4n) is 3.83. The molecule has 0 atom stereocenters. The van der Waals surface area contributed by atoms with Crippen LogP contribution in [0.3, 0.4) is 0 Å². The van der Waals surface area contributed by atoms with Gasteiger partial charge in [-0.2, -0.15) is 0 Å². The van der Waals surface area contributed by atoms with Crippen LogP contribution in [0.25, 0.3) is 10.6 Å². The predicted molar refractivity (Wildman–Crippen MR) is 117 cm³/mol. The molecule has 0 spiro atoms. The van der Waals surface area contributed by atoms with E-state index in [0.29, 0.717) is 12.0 Å². The lowest BCUT2D eigenvalue weighted by Gasteiger charge is -2.11. The molecule has 2 aliphatic rings. The van der Waals surface area contributed by atoms with Crippen LogP contribution in [-0.2, 0) is 6.42 Å². The average Bonchev–Trinajstić information content (AvgIpc) is 3.38. The van der Waals surface area contributed by atoms with Gasteiger partial charge in [-0.05, 0) is 38.0 Å². The number of hydrogen-bond donors (Lipinski definition) is 2. The topological polar surface area (TPSA) is 88.0 Å². The first-order valence-corrected chi connectivity index (χ1v) is 10.9. The summed E-state index contributed by atoms with van der Waals surface area (Å²) in [5, 5.41) is 7.80. The Balaban J connectivity index is 1.36. The summed E-state index contributed by atoms with van der Waals surface area (Å²) < 4.78 is 0. The summed E-state index contributed by atoms with van der Waals surface area (Å²) in [5.41, 5.74) is 4.01. The van der Waals surface area contributed by atoms with E-state index < -0.39 is 0 Å². The minimum Gasteiger partial charge on any atom is -0.359 e. The van der Waals surface area contributed by atoms with Crippen molar-refractivity contribution in [3.8, 4) is 10.6 Å². The second-order valence-corrected chi connectivity index (χ2v) is 8.47. The third kappa shape index (κ3) is 3.98. The van der Waals surface area contributed by atoms with E-state index >= 15 is 0 Å². The monoisotopic (exact) mass is 405 g/mol. The molecular weight excluding hydrogens is 382 g/mol. The van der Waals surface area contributed by atoms with Crippen LogP contribution in [0.5, 0.6) is 0 Å². The number of anilines is 3. The molecule has 148 valence electrons. The molecule has 8 heteroatoms. The first-order chi connectivity index (χ1) is 14.2. The summed E-state index contributed by atoms with van der Waals surface area (Å²) in [4.78, 5) is 23.9. The van der Waals surface area contributed by atoms with Gasteiger partial charge in [-0.3, -0.25) is 4.99 Å². The van der Waals surface area contributed by atoms with Gasteiger partial charge in [0, 0.05) is 37.0 Å². The second-order valence-electron chi connectivity index (χ2n) is 7.47. The molecule has 0 amide bonds. The van der Waals surface area contributed by atoms with E-state index in [9.17, 15) is 0 Å². The van der Waals surface area contributed by atoms with Crippen LogP contribution in [0.1, 0.15) is 42.6 Å². The molecule has 3 aromatic heterocycles. The van der Waals surface area contributed by atoms with Crippen molar-refractivity contribution < 1.29 is 0 Å². The fourth-order valence-corrected chi connectivity index (χ4v) is 4.85. The maximum Gasteiger partial charge on any atom is 0.228 e. The van der Waals surface area contributed by atoms with Crippen LogP contribution in [0, 0.1) is 6.92 Å². The molecule has 29 heavy (non-hydrogen) atoms. The van der Waals surface area contributed by atoms with Crippen LogP contribution in [-0.4, -0.2) is 38.7 Å². The highest BCUT2D eigenvalue weighted by molar-refractivity contribution is 7.19. The fraction of sp³-hybridized carbons (Fsp3) is 0.381. The van der Waals surface area contributed by atoms with Gasteiger partial charge in [0.25, 0.3) is 0 Å². The smallest absolute Gasteiger partial charge is 0.228 e. The lowest BCUT2D eigenvalue weighted by atomic mass is 10.1. The van der Waals surface area contributed by atoms with E-state index in [2.05, 4.69) is 25.6 Å². The van der Waals surface area contributed by atoms with Gasteiger partial charge >= 0.3 is 0 Å². The van der Waals surface area contributed by atoms with E-state index in [1.165, 1.54) is 25.7 Å². The van der Waals surface area contributed by atoms with Gasteiger partial charge in [0.15, 0.2) is 5.13 Å². The number of pyridine rings is 1. The molecule has 4 heterocycles. The number of nitrogens with zero attached hydrogens (tertiary/aromatic N) is 5. The van der Waals surface area contributed by atoms with E-state index in [0.717, 1.165) is 51.4 Å². The Morgan fingerprint density at radius 3 is 2.86 bits per heavy atom. The van der Waals surface area contributed by atoms with Gasteiger partial charge in [-0.1, -0.05) is 24.2 Å². The zero-order chi connectivity index (χ0) is 19.6. The van der Waals surface area contributed by atoms with Gasteiger partial charge in [-0.25, -0.2) is 19.9 Å². The number of nitrogens with one attached hydrogen (secondary N) is 2. The molecule has 1 aliphatic carbocycles. The molecule has 1 fully saturated rings. The van der Waals surface area contributed by atoms with Crippen molar-refractivity contribution in [1.29, 1.82) is 0 Å². The number of aliphatic imine (C=N–C) groups is 1. The first kappa shape index (κ1) is 18.2. The molecule has 7 nitrogen and oxygen atoms in total. The Morgan fingerprint density at radius 2 is 1.97 bits per heavy atom. The van der Waals surface area contributed by atoms with Crippen LogP contribution < -0.4 is 10.6 Å². The van der Waals surface area contributed by atoms with Gasteiger partial charge in [0.05, 0.1) is 22.0 Å². The van der Waals surface area contributed by atoms with E-state index in [-0.39, 0.29) is 0 Å². The maximum atomic E-state index is 4.71. The van der Waals surface area contributed by atoms with Crippen molar-refractivity contribution in [3.63, 3.8) is 0 Å². The van der Waals surface area contributed by atoms with E-state index in [1.807, 2.05) is 31.3 Å². The Labute approximate surface area is 173 Å². The predicted octanol–water partition coefficient (Wildman–Crippen LogP) is 4.38. The quantitative estimate of drug-likeness (QED) is 0.655. The largest absolute Gasteiger partial charge is 0.359 e. The SMILES string of the molecule is Cc1nc(NC2CCCC2)sc1-c1ccnc(Nc2ccc3c(n2)CCN=C3)n1. The summed E-state index contributed by atoms with van der Waals surface area (Å²) in [7, 11) is 0. The molecule has 5 rings (SSSR count). The number of hydrogen-bond acceptors (Lipinski definition) is 8. The molecule has 0 bridgehead atoms. The van der Waals surface area contributed by atoms with Crippen LogP contribution in [0.15, 0.2) is 29.4 Å². The highest BCUT2D eigenvalue weighted by Crippen LogP contribution is 2.33. The van der Waals surface area contributed by atoms with Crippen molar-refractivity contribution in [2.45, 2.75) is 45.1 Å². The maximum absolute atomic E-state index is 4.71. The highest BCUT2D eigenvalue weighted by Gasteiger charge is 2.18. The van der Waals surface area contributed by atoms with Crippen molar-refractivity contribution in [2.24, 2.45) is 4.99 Å². The molecule has 1 saturated carbocycles. The molecule has 2 N–H and O–H groups in total.